The van der Waals surface area contributed by atoms with Gasteiger partial charge in [0.2, 0.25) is 0 Å². The first-order valence-electron chi connectivity index (χ1n) is 6.92. The first-order chi connectivity index (χ1) is 9.20. The van der Waals surface area contributed by atoms with Crippen LogP contribution in [0.25, 0.3) is 0 Å². The molecule has 0 radical (unpaired) electrons. The number of fused-ring (bicyclic) bond motifs is 1. The smallest absolute Gasteiger partial charge is 0.147 e. The van der Waals surface area contributed by atoms with Crippen molar-refractivity contribution in [3.05, 3.63) is 46.8 Å². The number of rotatable bonds is 2. The second kappa shape index (κ2) is 4.72. The average Bonchev–Trinajstić information content (AvgIpc) is 2.87. The Morgan fingerprint density at radius 3 is 3.00 bits per heavy atom. The van der Waals surface area contributed by atoms with E-state index in [4.69, 9.17) is 4.52 Å². The third-order valence-electron chi connectivity index (χ3n) is 4.34. The van der Waals surface area contributed by atoms with Crippen LogP contribution in [0.4, 0.5) is 5.69 Å². The zero-order valence-corrected chi connectivity index (χ0v) is 11.7. The Labute approximate surface area is 114 Å². The lowest BCUT2D eigenvalue weighted by Crippen LogP contribution is -2.18. The topological polar surface area (TPSA) is 38.1 Å². The van der Waals surface area contributed by atoms with Gasteiger partial charge in [-0.25, -0.2) is 0 Å². The maximum Gasteiger partial charge on any atom is 0.147 e. The highest BCUT2D eigenvalue weighted by atomic mass is 16.5. The normalized spacial score (nSPS) is 22.1. The summed E-state index contributed by atoms with van der Waals surface area (Å²) in [5.41, 5.74) is 6.40. The minimum Gasteiger partial charge on any atom is -0.384 e. The van der Waals surface area contributed by atoms with Gasteiger partial charge in [-0.2, -0.15) is 0 Å². The first kappa shape index (κ1) is 12.3. The molecule has 0 amide bonds. The zero-order chi connectivity index (χ0) is 13.4. The lowest BCUT2D eigenvalue weighted by Gasteiger charge is -2.30. The monoisotopic (exact) mass is 256 g/mol. The molecular weight excluding hydrogens is 236 g/mol. The fraction of sp³-hybridized carbons (Fsp3) is 0.438. The lowest BCUT2D eigenvalue weighted by atomic mass is 9.74. The third-order valence-corrected chi connectivity index (χ3v) is 4.34. The summed E-state index contributed by atoms with van der Waals surface area (Å²) in [5.74, 6) is 0.929. The average molecular weight is 256 g/mol. The molecule has 0 fully saturated rings. The van der Waals surface area contributed by atoms with Crippen molar-refractivity contribution < 1.29 is 4.52 Å². The summed E-state index contributed by atoms with van der Waals surface area (Å²) >= 11 is 0. The molecule has 1 aromatic heterocycles. The van der Waals surface area contributed by atoms with Crippen LogP contribution in [-0.2, 0) is 6.42 Å². The fourth-order valence-electron chi connectivity index (χ4n) is 3.25. The van der Waals surface area contributed by atoms with Crippen molar-refractivity contribution in [2.75, 3.05) is 12.4 Å². The Morgan fingerprint density at radius 1 is 1.37 bits per heavy atom. The Bertz CT molecular complexity index is 588. The molecule has 0 saturated carbocycles. The number of hydrogen-bond acceptors (Lipinski definition) is 3. The van der Waals surface area contributed by atoms with Crippen LogP contribution in [0.2, 0.25) is 0 Å². The van der Waals surface area contributed by atoms with Gasteiger partial charge >= 0.3 is 0 Å². The van der Waals surface area contributed by atoms with Crippen molar-refractivity contribution in [2.24, 2.45) is 0 Å². The number of anilines is 1. The highest BCUT2D eigenvalue weighted by molar-refractivity contribution is 5.49. The van der Waals surface area contributed by atoms with Crippen LogP contribution in [0, 0.1) is 6.92 Å². The summed E-state index contributed by atoms with van der Waals surface area (Å²) in [6.07, 6.45) is 3.97. The molecule has 3 nitrogen and oxygen atoms in total. The number of aromatic nitrogens is 1. The molecule has 1 heterocycles. The SMILES string of the molecule is CNc1conc1C1CCc2cc(C)ccc2C1C. The maximum atomic E-state index is 5.13. The largest absolute Gasteiger partial charge is 0.384 e. The Kier molecular flexibility index (Phi) is 3.05. The quantitative estimate of drug-likeness (QED) is 0.886. The molecular formula is C16H20N2O. The van der Waals surface area contributed by atoms with Crippen LogP contribution in [0.15, 0.2) is 29.0 Å². The van der Waals surface area contributed by atoms with Gasteiger partial charge in [0.1, 0.15) is 12.0 Å². The fourth-order valence-corrected chi connectivity index (χ4v) is 3.25. The van der Waals surface area contributed by atoms with Crippen molar-refractivity contribution in [2.45, 2.75) is 38.5 Å². The second-order valence-corrected chi connectivity index (χ2v) is 5.50. The summed E-state index contributed by atoms with van der Waals surface area (Å²) in [6.45, 7) is 4.46. The highest BCUT2D eigenvalue weighted by Gasteiger charge is 2.30. The Hall–Kier alpha value is -1.77. The second-order valence-electron chi connectivity index (χ2n) is 5.50. The van der Waals surface area contributed by atoms with Gasteiger partial charge in [0, 0.05) is 13.0 Å². The van der Waals surface area contributed by atoms with Gasteiger partial charge in [-0.05, 0) is 36.8 Å². The molecule has 0 spiro atoms. The summed E-state index contributed by atoms with van der Waals surface area (Å²) in [7, 11) is 1.92. The van der Waals surface area contributed by atoms with Gasteiger partial charge < -0.3 is 9.84 Å². The van der Waals surface area contributed by atoms with Crippen LogP contribution < -0.4 is 5.32 Å². The van der Waals surface area contributed by atoms with E-state index in [-0.39, 0.29) is 0 Å². The molecule has 1 aliphatic carbocycles. The molecule has 100 valence electrons. The molecule has 0 aliphatic heterocycles. The number of aryl methyl sites for hydroxylation is 2. The number of nitrogens with one attached hydrogen (secondary N) is 1. The standard InChI is InChI=1S/C16H20N2O/c1-10-4-6-13-11(2)14(7-5-12(13)8-10)16-15(17-3)9-19-18-16/h4,6,8-9,11,14,17H,5,7H2,1-3H3. The van der Waals surface area contributed by atoms with Gasteiger partial charge in [-0.1, -0.05) is 35.8 Å². The molecule has 3 heteroatoms. The van der Waals surface area contributed by atoms with Gasteiger partial charge in [0.25, 0.3) is 0 Å². The number of nitrogens with zero attached hydrogens (tertiary/aromatic N) is 1. The molecule has 1 aliphatic rings. The van der Waals surface area contributed by atoms with Crippen molar-refractivity contribution in [3.8, 4) is 0 Å². The molecule has 0 saturated heterocycles. The van der Waals surface area contributed by atoms with Crippen molar-refractivity contribution in [1.82, 2.24) is 5.16 Å². The predicted octanol–water partition coefficient (Wildman–Crippen LogP) is 3.86. The highest BCUT2D eigenvalue weighted by Crippen LogP contribution is 2.43. The first-order valence-corrected chi connectivity index (χ1v) is 6.92. The van der Waals surface area contributed by atoms with Crippen LogP contribution in [-0.4, -0.2) is 12.2 Å². The summed E-state index contributed by atoms with van der Waals surface area (Å²) in [5, 5.41) is 7.38. The minimum atomic E-state index is 0.441. The van der Waals surface area contributed by atoms with Gasteiger partial charge in [0.05, 0.1) is 5.69 Å². The molecule has 19 heavy (non-hydrogen) atoms. The molecule has 3 rings (SSSR count). The third kappa shape index (κ3) is 2.03. The number of hydrogen-bond donors (Lipinski definition) is 1. The summed E-state index contributed by atoms with van der Waals surface area (Å²) < 4.78 is 5.13. The zero-order valence-electron chi connectivity index (χ0n) is 11.7. The Balaban J connectivity index is 1.97. The number of benzene rings is 1. The van der Waals surface area contributed by atoms with Gasteiger partial charge in [0.15, 0.2) is 0 Å². The summed E-state index contributed by atoms with van der Waals surface area (Å²) in [6, 6.07) is 6.81. The molecule has 2 unspecified atom stereocenters. The molecule has 2 aromatic rings. The van der Waals surface area contributed by atoms with Crippen LogP contribution in [0.1, 0.15) is 47.6 Å². The van der Waals surface area contributed by atoms with Gasteiger partial charge in [-0.15, -0.1) is 0 Å². The van der Waals surface area contributed by atoms with Crippen molar-refractivity contribution in [1.29, 1.82) is 0 Å². The Morgan fingerprint density at radius 2 is 2.21 bits per heavy atom. The van der Waals surface area contributed by atoms with Crippen LogP contribution >= 0.6 is 0 Å². The van der Waals surface area contributed by atoms with Crippen molar-refractivity contribution in [3.63, 3.8) is 0 Å². The van der Waals surface area contributed by atoms with E-state index in [9.17, 15) is 0 Å². The van der Waals surface area contributed by atoms with E-state index in [1.165, 1.54) is 16.7 Å². The molecule has 0 bridgehead atoms. The lowest BCUT2D eigenvalue weighted by molar-refractivity contribution is 0.390. The van der Waals surface area contributed by atoms with Crippen molar-refractivity contribution >= 4 is 5.69 Å². The van der Waals surface area contributed by atoms with E-state index in [0.717, 1.165) is 24.2 Å². The van der Waals surface area contributed by atoms with Crippen LogP contribution in [0.3, 0.4) is 0 Å². The van der Waals surface area contributed by atoms with E-state index in [1.54, 1.807) is 6.26 Å². The predicted molar refractivity (Wildman–Crippen MR) is 76.7 cm³/mol. The van der Waals surface area contributed by atoms with E-state index in [0.29, 0.717) is 11.8 Å². The van der Waals surface area contributed by atoms with E-state index in [1.807, 2.05) is 7.05 Å². The maximum absolute atomic E-state index is 5.13. The van der Waals surface area contributed by atoms with E-state index < -0.39 is 0 Å². The van der Waals surface area contributed by atoms with Gasteiger partial charge in [-0.3, -0.25) is 0 Å². The molecule has 1 N–H and O–H groups in total. The summed E-state index contributed by atoms with van der Waals surface area (Å²) in [4.78, 5) is 0. The van der Waals surface area contributed by atoms with E-state index >= 15 is 0 Å². The van der Waals surface area contributed by atoms with E-state index in [2.05, 4.69) is 42.5 Å². The molecule has 1 aromatic carbocycles. The minimum absolute atomic E-state index is 0.441. The van der Waals surface area contributed by atoms with Crippen LogP contribution in [0.5, 0.6) is 0 Å². The molecule has 2 atom stereocenters.